The number of rotatable bonds is 5. The van der Waals surface area contributed by atoms with Gasteiger partial charge in [-0.1, -0.05) is 13.8 Å². The van der Waals surface area contributed by atoms with Crippen LogP contribution in [0.3, 0.4) is 0 Å². The molecular formula is C17H29F3N4O2. The third-order valence-electron chi connectivity index (χ3n) is 3.02. The molecule has 1 aromatic rings. The SMILES string of the molecule is CC.CCN(C(=O)OC(C)(C)C)C(C)CNc1cnc(C(F)(F)F)cn1. The molecule has 1 heterocycles. The fraction of sp³-hybridized carbons (Fsp3) is 0.706. The second kappa shape index (κ2) is 10.2. The number of likely N-dealkylation sites (N-methyl/N-ethyl adjacent to an activating group) is 1. The quantitative estimate of drug-likeness (QED) is 0.812. The molecule has 0 aromatic carbocycles. The minimum absolute atomic E-state index is 0.204. The van der Waals surface area contributed by atoms with Crippen LogP contribution in [-0.4, -0.2) is 45.7 Å². The first-order chi connectivity index (χ1) is 11.9. The number of carbonyl (C=O) groups excluding carboxylic acids is 1. The maximum Gasteiger partial charge on any atom is 0.434 e. The van der Waals surface area contributed by atoms with Crippen LogP contribution in [0.15, 0.2) is 12.4 Å². The van der Waals surface area contributed by atoms with E-state index in [2.05, 4.69) is 15.3 Å². The van der Waals surface area contributed by atoms with Crippen LogP contribution in [0.5, 0.6) is 0 Å². The Hall–Kier alpha value is -2.06. The van der Waals surface area contributed by atoms with E-state index in [0.29, 0.717) is 19.3 Å². The number of alkyl halides is 3. The third-order valence-corrected chi connectivity index (χ3v) is 3.02. The van der Waals surface area contributed by atoms with Gasteiger partial charge in [0.05, 0.1) is 12.4 Å². The summed E-state index contributed by atoms with van der Waals surface area (Å²) in [4.78, 5) is 20.6. The first-order valence-corrected chi connectivity index (χ1v) is 8.56. The van der Waals surface area contributed by atoms with Gasteiger partial charge in [0.15, 0.2) is 5.69 Å². The summed E-state index contributed by atoms with van der Waals surface area (Å²) in [5.74, 6) is 0.204. The zero-order chi connectivity index (χ0) is 20.5. The number of aromatic nitrogens is 2. The van der Waals surface area contributed by atoms with Crippen LogP contribution >= 0.6 is 0 Å². The van der Waals surface area contributed by atoms with Crippen molar-refractivity contribution in [1.29, 1.82) is 0 Å². The van der Waals surface area contributed by atoms with Gasteiger partial charge in [-0.15, -0.1) is 0 Å². The van der Waals surface area contributed by atoms with E-state index in [1.165, 1.54) is 4.90 Å². The smallest absolute Gasteiger partial charge is 0.434 e. The normalized spacial score (nSPS) is 12.5. The molecule has 0 saturated carbocycles. The van der Waals surface area contributed by atoms with Crippen LogP contribution in [0.25, 0.3) is 0 Å². The summed E-state index contributed by atoms with van der Waals surface area (Å²) in [7, 11) is 0. The summed E-state index contributed by atoms with van der Waals surface area (Å²) in [5.41, 5.74) is -1.65. The second-order valence-electron chi connectivity index (χ2n) is 6.28. The van der Waals surface area contributed by atoms with Crippen LogP contribution in [0.4, 0.5) is 23.8 Å². The number of anilines is 1. The van der Waals surface area contributed by atoms with E-state index in [4.69, 9.17) is 4.74 Å². The van der Waals surface area contributed by atoms with Crippen LogP contribution in [0.1, 0.15) is 54.2 Å². The van der Waals surface area contributed by atoms with E-state index < -0.39 is 23.6 Å². The number of nitrogens with one attached hydrogen (secondary N) is 1. The Kier molecular flexibility index (Phi) is 9.37. The van der Waals surface area contributed by atoms with Crippen LogP contribution in [0, 0.1) is 0 Å². The van der Waals surface area contributed by atoms with Crippen molar-refractivity contribution < 1.29 is 22.7 Å². The van der Waals surface area contributed by atoms with E-state index >= 15 is 0 Å². The molecule has 0 aliphatic carbocycles. The van der Waals surface area contributed by atoms with Gasteiger partial charge in [-0.05, 0) is 34.6 Å². The van der Waals surface area contributed by atoms with Gasteiger partial charge in [0.2, 0.25) is 0 Å². The number of hydrogen-bond donors (Lipinski definition) is 1. The molecule has 9 heteroatoms. The standard InChI is InChI=1S/C15H23F3N4O2.C2H6/c1-6-22(13(23)24-14(3,4)5)10(2)7-20-12-9-19-11(8-21-12)15(16,17)18;1-2/h8-10H,6-7H2,1-5H3,(H,20,21);1-2H3. The lowest BCUT2D eigenvalue weighted by molar-refractivity contribution is -0.141. The Labute approximate surface area is 153 Å². The fourth-order valence-corrected chi connectivity index (χ4v) is 1.87. The summed E-state index contributed by atoms with van der Waals surface area (Å²) in [6.45, 7) is 13.7. The molecule has 0 aliphatic heterocycles. The number of nitrogens with zero attached hydrogens (tertiary/aromatic N) is 3. The molecule has 1 N–H and O–H groups in total. The zero-order valence-corrected chi connectivity index (χ0v) is 16.4. The van der Waals surface area contributed by atoms with E-state index in [-0.39, 0.29) is 11.9 Å². The van der Waals surface area contributed by atoms with Crippen molar-refractivity contribution in [1.82, 2.24) is 14.9 Å². The Morgan fingerprint density at radius 1 is 1.23 bits per heavy atom. The van der Waals surface area contributed by atoms with Crippen molar-refractivity contribution in [2.45, 2.75) is 66.3 Å². The molecule has 1 aromatic heterocycles. The molecule has 1 unspecified atom stereocenters. The van der Waals surface area contributed by atoms with Crippen molar-refractivity contribution >= 4 is 11.9 Å². The molecule has 6 nitrogen and oxygen atoms in total. The Bertz CT molecular complexity index is 542. The van der Waals surface area contributed by atoms with Crippen LogP contribution < -0.4 is 5.32 Å². The van der Waals surface area contributed by atoms with Gasteiger partial charge < -0.3 is 15.0 Å². The lowest BCUT2D eigenvalue weighted by atomic mass is 10.2. The topological polar surface area (TPSA) is 67.3 Å². The van der Waals surface area contributed by atoms with Crippen molar-refractivity contribution in [3.63, 3.8) is 0 Å². The minimum atomic E-state index is -4.52. The summed E-state index contributed by atoms with van der Waals surface area (Å²) >= 11 is 0. The van der Waals surface area contributed by atoms with E-state index in [0.717, 1.165) is 6.20 Å². The van der Waals surface area contributed by atoms with E-state index in [1.807, 2.05) is 20.8 Å². The van der Waals surface area contributed by atoms with Gasteiger partial charge in [0.1, 0.15) is 11.4 Å². The Morgan fingerprint density at radius 2 is 1.81 bits per heavy atom. The van der Waals surface area contributed by atoms with E-state index in [9.17, 15) is 18.0 Å². The first kappa shape index (κ1) is 23.9. The maximum atomic E-state index is 12.4. The van der Waals surface area contributed by atoms with Gasteiger partial charge in [-0.2, -0.15) is 13.2 Å². The maximum absolute atomic E-state index is 12.4. The van der Waals surface area contributed by atoms with Gasteiger partial charge in [-0.3, -0.25) is 0 Å². The average molecular weight is 378 g/mol. The van der Waals surface area contributed by atoms with Crippen LogP contribution in [0.2, 0.25) is 0 Å². The van der Waals surface area contributed by atoms with Gasteiger partial charge in [0.25, 0.3) is 0 Å². The zero-order valence-electron chi connectivity index (χ0n) is 16.4. The van der Waals surface area contributed by atoms with Crippen molar-refractivity contribution in [3.8, 4) is 0 Å². The molecule has 0 spiro atoms. The molecule has 0 radical (unpaired) electrons. The molecule has 0 fully saturated rings. The predicted molar refractivity (Wildman–Crippen MR) is 94.9 cm³/mol. The van der Waals surface area contributed by atoms with Crippen molar-refractivity contribution in [3.05, 3.63) is 18.1 Å². The summed E-state index contributed by atoms with van der Waals surface area (Å²) in [5, 5.41) is 2.87. The number of ether oxygens (including phenoxy) is 1. The fourth-order valence-electron chi connectivity index (χ4n) is 1.87. The number of carbonyl (C=O) groups is 1. The molecule has 1 rings (SSSR count). The van der Waals surface area contributed by atoms with Gasteiger partial charge in [-0.25, -0.2) is 14.8 Å². The van der Waals surface area contributed by atoms with Gasteiger partial charge >= 0.3 is 12.3 Å². The Balaban J connectivity index is 0.00000301. The largest absolute Gasteiger partial charge is 0.444 e. The third kappa shape index (κ3) is 8.35. The number of halogens is 3. The average Bonchev–Trinajstić information content (AvgIpc) is 2.53. The van der Waals surface area contributed by atoms with E-state index in [1.54, 1.807) is 27.7 Å². The highest BCUT2D eigenvalue weighted by Gasteiger charge is 2.32. The lowest BCUT2D eigenvalue weighted by Crippen LogP contribution is -2.44. The molecule has 1 amide bonds. The molecule has 0 saturated heterocycles. The highest BCUT2D eigenvalue weighted by atomic mass is 19.4. The van der Waals surface area contributed by atoms with Crippen LogP contribution in [-0.2, 0) is 10.9 Å². The molecule has 0 aliphatic rings. The second-order valence-corrected chi connectivity index (χ2v) is 6.28. The summed E-state index contributed by atoms with van der Waals surface area (Å²) < 4.78 is 42.6. The number of amides is 1. The molecule has 0 bridgehead atoms. The molecular weight excluding hydrogens is 349 g/mol. The minimum Gasteiger partial charge on any atom is -0.444 e. The van der Waals surface area contributed by atoms with Crippen molar-refractivity contribution in [2.75, 3.05) is 18.4 Å². The Morgan fingerprint density at radius 3 is 2.19 bits per heavy atom. The highest BCUT2D eigenvalue weighted by molar-refractivity contribution is 5.68. The molecule has 1 atom stereocenters. The van der Waals surface area contributed by atoms with Gasteiger partial charge in [0, 0.05) is 19.1 Å². The monoisotopic (exact) mass is 378 g/mol. The molecule has 26 heavy (non-hydrogen) atoms. The van der Waals surface area contributed by atoms with Crippen molar-refractivity contribution in [2.24, 2.45) is 0 Å². The highest BCUT2D eigenvalue weighted by Crippen LogP contribution is 2.26. The predicted octanol–water partition coefficient (Wildman–Crippen LogP) is 4.58. The molecule has 150 valence electrons. The summed E-state index contributed by atoms with van der Waals surface area (Å²) in [6.07, 6.45) is -3.29. The summed E-state index contributed by atoms with van der Waals surface area (Å²) in [6, 6.07) is -0.242. The number of hydrogen-bond acceptors (Lipinski definition) is 5. The lowest BCUT2D eigenvalue weighted by Gasteiger charge is -2.31. The first-order valence-electron chi connectivity index (χ1n) is 8.56.